The van der Waals surface area contributed by atoms with Crippen LogP contribution in [0.2, 0.25) is 5.28 Å². The van der Waals surface area contributed by atoms with E-state index >= 15 is 0 Å². The monoisotopic (exact) mass is 455 g/mol. The van der Waals surface area contributed by atoms with Crippen LogP contribution >= 0.6 is 22.9 Å². The Morgan fingerprint density at radius 3 is 2.71 bits per heavy atom. The maximum absolute atomic E-state index is 14.0. The number of carbonyl (C=O) groups is 1. The van der Waals surface area contributed by atoms with Crippen molar-refractivity contribution in [2.24, 2.45) is 0 Å². The number of hydrogen-bond acceptors (Lipinski definition) is 4. The molecule has 31 heavy (non-hydrogen) atoms. The molecule has 0 saturated carbocycles. The maximum atomic E-state index is 14.0. The van der Waals surface area contributed by atoms with Crippen LogP contribution < -0.4 is 0 Å². The predicted molar refractivity (Wildman–Crippen MR) is 116 cm³/mol. The molecular formula is C23H16ClF2N3OS. The Morgan fingerprint density at radius 1 is 1.16 bits per heavy atom. The van der Waals surface area contributed by atoms with Crippen molar-refractivity contribution in [3.05, 3.63) is 87.5 Å². The lowest BCUT2D eigenvalue weighted by Crippen LogP contribution is -2.07. The first-order valence-corrected chi connectivity index (χ1v) is 11.0. The standard InChI is InChI=1S/C23H16ClF2N3OS/c24-23-27-9-10-29(23)14-8-7-13-3-1-6-19-21(15(13)11-14)31-22(28-19)20(30)12-16-17(25)4-2-5-18(16)26/h2,4-5,7-11H,1,3,6,12H2. The summed E-state index contributed by atoms with van der Waals surface area (Å²) in [7, 11) is 0. The normalized spacial score (nSPS) is 12.9. The van der Waals surface area contributed by atoms with E-state index in [2.05, 4.69) is 16.0 Å². The molecule has 0 radical (unpaired) electrons. The maximum Gasteiger partial charge on any atom is 0.207 e. The van der Waals surface area contributed by atoms with Gasteiger partial charge < -0.3 is 0 Å². The van der Waals surface area contributed by atoms with Crippen molar-refractivity contribution in [2.45, 2.75) is 25.7 Å². The van der Waals surface area contributed by atoms with E-state index in [4.69, 9.17) is 11.6 Å². The molecule has 2 heterocycles. The Hall–Kier alpha value is -2.90. The summed E-state index contributed by atoms with van der Waals surface area (Å²) in [6.45, 7) is 0. The molecule has 0 saturated heterocycles. The minimum atomic E-state index is -0.723. The van der Waals surface area contributed by atoms with Gasteiger partial charge in [-0.05, 0) is 66.3 Å². The van der Waals surface area contributed by atoms with Crippen molar-refractivity contribution in [1.29, 1.82) is 0 Å². The SMILES string of the molecule is O=C(Cc1c(F)cccc1F)c1nc2c(s1)-c1cc(-n3ccnc3Cl)ccc1CCC2. The molecule has 5 rings (SSSR count). The highest BCUT2D eigenvalue weighted by molar-refractivity contribution is 7.17. The fourth-order valence-electron chi connectivity index (χ4n) is 3.86. The Bertz CT molecular complexity index is 1290. The molecule has 4 aromatic rings. The Balaban J connectivity index is 1.53. The van der Waals surface area contributed by atoms with Gasteiger partial charge >= 0.3 is 0 Å². The minimum Gasteiger partial charge on any atom is -0.291 e. The summed E-state index contributed by atoms with van der Waals surface area (Å²) in [6, 6.07) is 9.67. The number of fused-ring (bicyclic) bond motifs is 3. The van der Waals surface area contributed by atoms with E-state index in [1.165, 1.54) is 23.0 Å². The van der Waals surface area contributed by atoms with E-state index < -0.39 is 17.4 Å². The fraction of sp³-hybridized carbons (Fsp3) is 0.174. The van der Waals surface area contributed by atoms with Crippen molar-refractivity contribution in [2.75, 3.05) is 0 Å². The zero-order chi connectivity index (χ0) is 21.5. The van der Waals surface area contributed by atoms with Crippen LogP contribution in [0.4, 0.5) is 8.78 Å². The second kappa shape index (κ2) is 7.98. The van der Waals surface area contributed by atoms with Crippen molar-refractivity contribution in [3.8, 4) is 16.1 Å². The van der Waals surface area contributed by atoms with Crippen LogP contribution in [0.3, 0.4) is 0 Å². The molecule has 0 atom stereocenters. The summed E-state index contributed by atoms with van der Waals surface area (Å²) in [5.41, 5.74) is 3.65. The van der Waals surface area contributed by atoms with E-state index in [0.717, 1.165) is 53.2 Å². The van der Waals surface area contributed by atoms with Gasteiger partial charge in [0.05, 0.1) is 10.6 Å². The van der Waals surface area contributed by atoms with E-state index in [1.807, 2.05) is 12.1 Å². The van der Waals surface area contributed by atoms with Crippen LogP contribution in [0.1, 0.15) is 33.0 Å². The number of benzene rings is 2. The second-order valence-electron chi connectivity index (χ2n) is 7.36. The Labute approximate surface area is 186 Å². The summed E-state index contributed by atoms with van der Waals surface area (Å²) >= 11 is 7.45. The number of halogens is 3. The number of aryl methyl sites for hydroxylation is 2. The molecule has 2 aromatic carbocycles. The number of nitrogens with zero attached hydrogens (tertiary/aromatic N) is 3. The molecule has 4 nitrogen and oxygen atoms in total. The smallest absolute Gasteiger partial charge is 0.207 e. The number of rotatable bonds is 4. The molecule has 0 unspecified atom stereocenters. The zero-order valence-corrected chi connectivity index (χ0v) is 17.8. The van der Waals surface area contributed by atoms with Crippen LogP contribution in [-0.4, -0.2) is 20.3 Å². The van der Waals surface area contributed by atoms with Gasteiger partial charge in [0.15, 0.2) is 10.8 Å². The van der Waals surface area contributed by atoms with E-state index in [1.54, 1.807) is 17.0 Å². The molecule has 1 aliphatic rings. The number of hydrogen-bond donors (Lipinski definition) is 0. The van der Waals surface area contributed by atoms with Crippen LogP contribution in [0.25, 0.3) is 16.1 Å². The summed E-state index contributed by atoms with van der Waals surface area (Å²) < 4.78 is 29.8. The number of carbonyl (C=O) groups excluding carboxylic acids is 1. The first kappa shape index (κ1) is 20.0. The van der Waals surface area contributed by atoms with E-state index in [-0.39, 0.29) is 17.0 Å². The van der Waals surface area contributed by atoms with E-state index in [9.17, 15) is 13.6 Å². The summed E-state index contributed by atoms with van der Waals surface area (Å²) in [6.07, 6.45) is 5.60. The highest BCUT2D eigenvalue weighted by atomic mass is 35.5. The van der Waals surface area contributed by atoms with Crippen molar-refractivity contribution in [3.63, 3.8) is 0 Å². The van der Waals surface area contributed by atoms with Gasteiger partial charge in [-0.3, -0.25) is 9.36 Å². The molecule has 0 fully saturated rings. The van der Waals surface area contributed by atoms with Gasteiger partial charge in [-0.25, -0.2) is 18.7 Å². The van der Waals surface area contributed by atoms with Crippen molar-refractivity contribution < 1.29 is 13.6 Å². The topological polar surface area (TPSA) is 47.8 Å². The van der Waals surface area contributed by atoms with Gasteiger partial charge in [-0.2, -0.15) is 0 Å². The van der Waals surface area contributed by atoms with Crippen LogP contribution in [-0.2, 0) is 19.3 Å². The van der Waals surface area contributed by atoms with Gasteiger partial charge in [0, 0.05) is 30.1 Å². The lowest BCUT2D eigenvalue weighted by molar-refractivity contribution is 0.0990. The van der Waals surface area contributed by atoms with Gasteiger partial charge in [-0.1, -0.05) is 12.1 Å². The van der Waals surface area contributed by atoms with Crippen LogP contribution in [0, 0.1) is 11.6 Å². The third-order valence-electron chi connectivity index (χ3n) is 5.41. The first-order valence-electron chi connectivity index (χ1n) is 9.79. The number of ketones is 1. The summed E-state index contributed by atoms with van der Waals surface area (Å²) in [4.78, 5) is 22.4. The first-order chi connectivity index (χ1) is 15.0. The molecule has 0 bridgehead atoms. The largest absolute Gasteiger partial charge is 0.291 e. The van der Waals surface area contributed by atoms with Crippen molar-refractivity contribution >= 4 is 28.7 Å². The second-order valence-corrected chi connectivity index (χ2v) is 8.69. The third kappa shape index (κ3) is 3.68. The Kier molecular flexibility index (Phi) is 5.16. The number of aromatic nitrogens is 3. The quantitative estimate of drug-likeness (QED) is 0.363. The number of imidazole rings is 1. The lowest BCUT2D eigenvalue weighted by atomic mass is 10.0. The molecule has 0 N–H and O–H groups in total. The third-order valence-corrected chi connectivity index (χ3v) is 6.86. The van der Waals surface area contributed by atoms with Gasteiger partial charge in [0.25, 0.3) is 0 Å². The molecule has 2 aromatic heterocycles. The minimum absolute atomic E-state index is 0.227. The zero-order valence-electron chi connectivity index (χ0n) is 16.2. The molecular weight excluding hydrogens is 440 g/mol. The number of Topliss-reactive ketones (excluding diaryl/α,β-unsaturated/α-hetero) is 1. The molecule has 0 spiro atoms. The number of thiazole rings is 1. The Morgan fingerprint density at radius 2 is 1.97 bits per heavy atom. The molecule has 156 valence electrons. The van der Waals surface area contributed by atoms with Crippen LogP contribution in [0.15, 0.2) is 48.8 Å². The van der Waals surface area contributed by atoms with Gasteiger partial charge in [0.2, 0.25) is 5.28 Å². The van der Waals surface area contributed by atoms with Crippen LogP contribution in [0.5, 0.6) is 0 Å². The average molecular weight is 456 g/mol. The highest BCUT2D eigenvalue weighted by Gasteiger charge is 2.24. The molecule has 8 heteroatoms. The van der Waals surface area contributed by atoms with Gasteiger partial charge in [-0.15, -0.1) is 11.3 Å². The summed E-state index contributed by atoms with van der Waals surface area (Å²) in [5, 5.41) is 0.632. The average Bonchev–Trinajstić information content (AvgIpc) is 3.34. The predicted octanol–water partition coefficient (Wildman–Crippen LogP) is 5.84. The van der Waals surface area contributed by atoms with Crippen molar-refractivity contribution in [1.82, 2.24) is 14.5 Å². The van der Waals surface area contributed by atoms with E-state index in [0.29, 0.717) is 5.28 Å². The molecule has 0 aliphatic heterocycles. The van der Waals surface area contributed by atoms with Gasteiger partial charge in [0.1, 0.15) is 11.6 Å². The summed E-state index contributed by atoms with van der Waals surface area (Å²) in [5.74, 6) is -1.84. The molecule has 1 aliphatic carbocycles. The lowest BCUT2D eigenvalue weighted by Gasteiger charge is -2.10. The molecule has 0 amide bonds. The highest BCUT2D eigenvalue weighted by Crippen LogP contribution is 2.38. The fourth-order valence-corrected chi connectivity index (χ4v) is 5.17.